The molecule has 0 bridgehead atoms. The molecular weight excluding hydrogens is 185 g/mol. The van der Waals surface area contributed by atoms with Gasteiger partial charge in [-0.1, -0.05) is 0 Å². The summed E-state index contributed by atoms with van der Waals surface area (Å²) < 4.78 is 0. The molecule has 4 heteroatoms. The Labute approximate surface area is 60.8 Å². The van der Waals surface area contributed by atoms with Crippen molar-refractivity contribution in [1.82, 2.24) is 0 Å². The fraction of sp³-hybridized carbons (Fsp3) is 0.800. The molecule has 54 valence electrons. The third kappa shape index (κ3) is 4.45. The fourth-order valence-electron chi connectivity index (χ4n) is 0.368. The Morgan fingerprint density at radius 3 is 2.78 bits per heavy atom. The Kier molecular flexibility index (Phi) is 4.77. The van der Waals surface area contributed by atoms with Crippen molar-refractivity contribution in [2.75, 3.05) is 0 Å². The van der Waals surface area contributed by atoms with E-state index in [-0.39, 0.29) is 0 Å². The summed E-state index contributed by atoms with van der Waals surface area (Å²) >= 11 is 0.549. The quantitative estimate of drug-likeness (QED) is 0.620. The molecule has 0 spiro atoms. The Bertz CT molecular complexity index is 97.0. The molecule has 0 fully saturated rings. The van der Waals surface area contributed by atoms with Gasteiger partial charge in [-0.3, -0.25) is 0 Å². The Hall–Kier alpha value is -0.0505. The first-order valence-corrected chi connectivity index (χ1v) is 5.58. The van der Waals surface area contributed by atoms with Gasteiger partial charge in [-0.25, -0.2) is 0 Å². The van der Waals surface area contributed by atoms with E-state index in [4.69, 9.17) is 10.8 Å². The number of rotatable bonds is 4. The van der Waals surface area contributed by atoms with Gasteiger partial charge in [-0.15, -0.1) is 0 Å². The zero-order valence-corrected chi connectivity index (χ0v) is 7.05. The SMILES string of the molecule is C[Se]CC[C@@H](N)C(=O)O. The Morgan fingerprint density at radius 1 is 1.89 bits per heavy atom. The molecule has 0 heterocycles. The number of hydrogen-bond acceptors (Lipinski definition) is 2. The van der Waals surface area contributed by atoms with E-state index >= 15 is 0 Å². The van der Waals surface area contributed by atoms with Gasteiger partial charge in [0.05, 0.1) is 0 Å². The molecule has 0 aliphatic carbocycles. The van der Waals surface area contributed by atoms with Gasteiger partial charge >= 0.3 is 60.2 Å². The number of carboxylic acids is 1. The van der Waals surface area contributed by atoms with Gasteiger partial charge in [0, 0.05) is 0 Å². The van der Waals surface area contributed by atoms with Crippen LogP contribution >= 0.6 is 0 Å². The van der Waals surface area contributed by atoms with Crippen molar-refractivity contribution in [2.24, 2.45) is 5.73 Å². The molecule has 0 aromatic heterocycles. The Balaban J connectivity index is 3.27. The monoisotopic (exact) mass is 197 g/mol. The number of hydrogen-bond donors (Lipinski definition) is 2. The van der Waals surface area contributed by atoms with E-state index in [1.165, 1.54) is 0 Å². The summed E-state index contributed by atoms with van der Waals surface area (Å²) in [5.74, 6) is 1.18. The Morgan fingerprint density at radius 2 is 2.44 bits per heavy atom. The number of carboxylic acid groups (broad SMARTS) is 1. The van der Waals surface area contributed by atoms with Crippen molar-refractivity contribution in [2.45, 2.75) is 23.6 Å². The van der Waals surface area contributed by atoms with E-state index in [0.29, 0.717) is 21.4 Å². The summed E-state index contributed by atoms with van der Waals surface area (Å²) in [4.78, 5) is 10.1. The molecule has 0 rings (SSSR count). The maximum absolute atomic E-state index is 10.1. The van der Waals surface area contributed by atoms with Gasteiger partial charge in [0.25, 0.3) is 0 Å². The van der Waals surface area contributed by atoms with Gasteiger partial charge in [0.15, 0.2) is 0 Å². The van der Waals surface area contributed by atoms with Crippen LogP contribution in [-0.4, -0.2) is 32.1 Å². The molecule has 0 amide bonds. The van der Waals surface area contributed by atoms with Crippen molar-refractivity contribution >= 4 is 20.9 Å². The fourth-order valence-corrected chi connectivity index (χ4v) is 1.40. The first-order valence-electron chi connectivity index (χ1n) is 2.65. The maximum atomic E-state index is 10.1. The van der Waals surface area contributed by atoms with E-state index in [0.717, 1.165) is 5.32 Å². The first-order chi connectivity index (χ1) is 4.18. The van der Waals surface area contributed by atoms with E-state index in [1.54, 1.807) is 0 Å². The predicted molar refractivity (Wildman–Crippen MR) is 36.7 cm³/mol. The van der Waals surface area contributed by atoms with Crippen LogP contribution in [0.25, 0.3) is 0 Å². The van der Waals surface area contributed by atoms with E-state index in [2.05, 4.69) is 5.82 Å². The summed E-state index contributed by atoms with van der Waals surface area (Å²) in [7, 11) is 0. The summed E-state index contributed by atoms with van der Waals surface area (Å²) in [5, 5.41) is 9.25. The van der Waals surface area contributed by atoms with Crippen LogP contribution in [0.4, 0.5) is 0 Å². The van der Waals surface area contributed by atoms with Crippen LogP contribution < -0.4 is 5.73 Å². The molecule has 0 aliphatic heterocycles. The summed E-state index contributed by atoms with van der Waals surface area (Å²) in [6, 6.07) is -0.646. The second-order valence-corrected chi connectivity index (χ2v) is 3.79. The van der Waals surface area contributed by atoms with Crippen molar-refractivity contribution < 1.29 is 9.90 Å². The molecule has 0 unspecified atom stereocenters. The van der Waals surface area contributed by atoms with Crippen molar-refractivity contribution in [3.63, 3.8) is 0 Å². The third-order valence-corrected chi connectivity index (χ3v) is 2.30. The van der Waals surface area contributed by atoms with Crippen LogP contribution in [0.3, 0.4) is 0 Å². The predicted octanol–water partition coefficient (Wildman–Crippen LogP) is -0.0410. The van der Waals surface area contributed by atoms with Crippen LogP contribution in [0.15, 0.2) is 0 Å². The molecule has 1 atom stereocenters. The van der Waals surface area contributed by atoms with Gasteiger partial charge in [0.1, 0.15) is 0 Å². The van der Waals surface area contributed by atoms with Gasteiger partial charge < -0.3 is 0 Å². The standard InChI is InChI=1S/C5H11NO2Se/c1-9-3-2-4(6)5(7)8/h4H,2-3,6H2,1H3,(H,7,8)/t4-/m1/s1. The summed E-state index contributed by atoms with van der Waals surface area (Å²) in [5.41, 5.74) is 5.21. The summed E-state index contributed by atoms with van der Waals surface area (Å²) in [6.45, 7) is 0. The molecular formula is C5H11NO2Se. The van der Waals surface area contributed by atoms with Gasteiger partial charge in [0.2, 0.25) is 0 Å². The van der Waals surface area contributed by atoms with Crippen LogP contribution in [0.1, 0.15) is 6.42 Å². The molecule has 0 aromatic carbocycles. The molecule has 3 nitrogen and oxygen atoms in total. The third-order valence-electron chi connectivity index (χ3n) is 0.950. The van der Waals surface area contributed by atoms with Crippen LogP contribution in [0, 0.1) is 0 Å². The normalized spacial score (nSPS) is 13.1. The zero-order valence-electron chi connectivity index (χ0n) is 5.33. The number of carbonyl (C=O) groups is 1. The van der Waals surface area contributed by atoms with E-state index < -0.39 is 12.0 Å². The van der Waals surface area contributed by atoms with E-state index in [1.807, 2.05) is 0 Å². The average molecular weight is 196 g/mol. The van der Waals surface area contributed by atoms with Crippen LogP contribution in [-0.2, 0) is 4.79 Å². The minimum absolute atomic E-state index is 0.549. The number of aliphatic carboxylic acids is 1. The molecule has 0 saturated heterocycles. The topological polar surface area (TPSA) is 63.3 Å². The molecule has 0 aliphatic rings. The van der Waals surface area contributed by atoms with Crippen molar-refractivity contribution in [3.05, 3.63) is 0 Å². The molecule has 9 heavy (non-hydrogen) atoms. The number of nitrogens with two attached hydrogens (primary N) is 1. The van der Waals surface area contributed by atoms with E-state index in [9.17, 15) is 4.79 Å². The molecule has 0 saturated carbocycles. The van der Waals surface area contributed by atoms with Gasteiger partial charge in [-0.2, -0.15) is 0 Å². The molecule has 3 N–H and O–H groups in total. The molecule has 0 radical (unpaired) electrons. The van der Waals surface area contributed by atoms with Crippen molar-refractivity contribution in [1.29, 1.82) is 0 Å². The zero-order chi connectivity index (χ0) is 7.28. The van der Waals surface area contributed by atoms with Crippen LogP contribution in [0.2, 0.25) is 11.1 Å². The second kappa shape index (κ2) is 4.79. The summed E-state index contributed by atoms with van der Waals surface area (Å²) in [6.07, 6.45) is 0.617. The van der Waals surface area contributed by atoms with Gasteiger partial charge in [-0.05, 0) is 0 Å². The van der Waals surface area contributed by atoms with Crippen LogP contribution in [0.5, 0.6) is 0 Å². The second-order valence-electron chi connectivity index (χ2n) is 1.73. The molecule has 0 aromatic rings. The van der Waals surface area contributed by atoms with Crippen molar-refractivity contribution in [3.8, 4) is 0 Å². The first kappa shape index (κ1) is 8.95. The average Bonchev–Trinajstić information content (AvgIpc) is 1.82. The minimum atomic E-state index is -0.890.